The summed E-state index contributed by atoms with van der Waals surface area (Å²) in [6.07, 6.45) is 1.47. The smallest absolute Gasteiger partial charge is 0.343 e. The fraction of sp³-hybridized carbons (Fsp3) is 0. The first-order chi connectivity index (χ1) is 14.4. The molecule has 0 saturated carbocycles. The molecule has 0 bridgehead atoms. The van der Waals surface area contributed by atoms with Gasteiger partial charge in [-0.15, -0.1) is 0 Å². The highest BCUT2D eigenvalue weighted by Gasteiger charge is 2.11. The first kappa shape index (κ1) is 21.9. The quantitative estimate of drug-likeness (QED) is 0.151. The summed E-state index contributed by atoms with van der Waals surface area (Å²) in [5.74, 6) is -0.543. The molecule has 0 unspecified atom stereocenters. The maximum Gasteiger partial charge on any atom is 0.343 e. The molecule has 152 valence electrons. The summed E-state index contributed by atoms with van der Waals surface area (Å²) < 4.78 is 19.2. The first-order valence-electron chi connectivity index (χ1n) is 8.53. The second kappa shape index (κ2) is 10.3. The van der Waals surface area contributed by atoms with Crippen molar-refractivity contribution in [2.45, 2.75) is 0 Å². The second-order valence-corrected chi connectivity index (χ2v) is 7.67. The van der Waals surface area contributed by atoms with Gasteiger partial charge >= 0.3 is 5.97 Å². The number of carbonyl (C=O) groups excluding carboxylic acids is 1. The Bertz CT molecular complexity index is 1090. The van der Waals surface area contributed by atoms with Gasteiger partial charge in [0.15, 0.2) is 5.11 Å². The minimum Gasteiger partial charge on any atom is -0.422 e. The van der Waals surface area contributed by atoms with Gasteiger partial charge in [0.05, 0.1) is 11.8 Å². The van der Waals surface area contributed by atoms with E-state index in [-0.39, 0.29) is 10.9 Å². The lowest BCUT2D eigenvalue weighted by Crippen LogP contribution is -2.23. The molecule has 0 spiro atoms. The third kappa shape index (κ3) is 6.35. The van der Waals surface area contributed by atoms with Crippen molar-refractivity contribution in [2.75, 3.05) is 5.32 Å². The Hall–Kier alpha value is -2.81. The van der Waals surface area contributed by atoms with Crippen LogP contribution in [0.2, 0.25) is 5.02 Å². The zero-order valence-electron chi connectivity index (χ0n) is 15.2. The van der Waals surface area contributed by atoms with E-state index in [2.05, 4.69) is 31.8 Å². The molecule has 0 fully saturated rings. The lowest BCUT2D eigenvalue weighted by Gasteiger charge is -2.09. The van der Waals surface area contributed by atoms with Gasteiger partial charge in [-0.25, -0.2) is 9.18 Å². The topological polar surface area (TPSA) is 62.7 Å². The second-order valence-electron chi connectivity index (χ2n) is 5.91. The number of rotatable bonds is 5. The predicted octanol–water partition coefficient (Wildman–Crippen LogP) is 5.78. The summed E-state index contributed by atoms with van der Waals surface area (Å²) in [5, 5.41) is 7.68. The lowest BCUT2D eigenvalue weighted by molar-refractivity contribution is 0.0734. The van der Waals surface area contributed by atoms with Crippen LogP contribution in [-0.2, 0) is 0 Å². The van der Waals surface area contributed by atoms with Crippen molar-refractivity contribution in [3.63, 3.8) is 0 Å². The standard InChI is InChI=1S/C21H14BrClFN3O2S/c22-15-3-10-19(29-20(28)13-1-4-16(23)5-2-13)14(11-15)12-25-27-21(30)26-18-8-6-17(24)7-9-18/h1-12H,(H2,26,27,30)/b25-12+. The molecule has 5 nitrogen and oxygen atoms in total. The number of thiocarbonyl (C=S) groups is 1. The SMILES string of the molecule is O=C(Oc1ccc(Br)cc1/C=N/NC(=S)Nc1ccc(F)cc1)c1ccc(Cl)cc1. The number of ether oxygens (including phenoxy) is 1. The van der Waals surface area contributed by atoms with Gasteiger partial charge < -0.3 is 10.1 Å². The fourth-order valence-electron chi connectivity index (χ4n) is 2.31. The van der Waals surface area contributed by atoms with Crippen molar-refractivity contribution in [3.05, 3.63) is 93.2 Å². The molecule has 0 aliphatic carbocycles. The zero-order chi connectivity index (χ0) is 21.5. The van der Waals surface area contributed by atoms with Gasteiger partial charge in [0, 0.05) is 20.7 Å². The number of hydrazone groups is 1. The van der Waals surface area contributed by atoms with Crippen LogP contribution in [0.25, 0.3) is 0 Å². The number of hydrogen-bond acceptors (Lipinski definition) is 4. The molecule has 0 amide bonds. The molecule has 3 aromatic rings. The number of anilines is 1. The fourth-order valence-corrected chi connectivity index (χ4v) is 2.99. The van der Waals surface area contributed by atoms with E-state index in [0.717, 1.165) is 4.47 Å². The Balaban J connectivity index is 1.67. The van der Waals surface area contributed by atoms with Crippen LogP contribution in [-0.4, -0.2) is 17.3 Å². The molecule has 0 aromatic heterocycles. The van der Waals surface area contributed by atoms with E-state index >= 15 is 0 Å². The Morgan fingerprint density at radius 3 is 2.50 bits per heavy atom. The molecule has 0 atom stereocenters. The van der Waals surface area contributed by atoms with Crippen molar-refractivity contribution in [1.82, 2.24) is 5.43 Å². The van der Waals surface area contributed by atoms with Crippen molar-refractivity contribution in [3.8, 4) is 5.75 Å². The highest BCUT2D eigenvalue weighted by Crippen LogP contribution is 2.23. The summed E-state index contributed by atoms with van der Waals surface area (Å²) in [5.41, 5.74) is 4.19. The van der Waals surface area contributed by atoms with E-state index in [1.807, 2.05) is 0 Å². The van der Waals surface area contributed by atoms with Crippen molar-refractivity contribution >= 4 is 62.7 Å². The maximum absolute atomic E-state index is 13.0. The number of halogens is 3. The van der Waals surface area contributed by atoms with Crippen LogP contribution in [0, 0.1) is 5.82 Å². The monoisotopic (exact) mass is 505 g/mol. The average molecular weight is 507 g/mol. The number of esters is 1. The van der Waals surface area contributed by atoms with Gasteiger partial charge in [0.25, 0.3) is 0 Å². The van der Waals surface area contributed by atoms with Crippen molar-refractivity contribution in [2.24, 2.45) is 5.10 Å². The first-order valence-corrected chi connectivity index (χ1v) is 10.1. The molecule has 0 aliphatic rings. The van der Waals surface area contributed by atoms with E-state index in [1.54, 1.807) is 54.6 Å². The van der Waals surface area contributed by atoms with Gasteiger partial charge in [0.2, 0.25) is 0 Å². The molecule has 3 rings (SSSR count). The van der Waals surface area contributed by atoms with Crippen molar-refractivity contribution in [1.29, 1.82) is 0 Å². The van der Waals surface area contributed by atoms with Crippen LogP contribution >= 0.6 is 39.7 Å². The minimum atomic E-state index is -0.523. The number of nitrogens with one attached hydrogen (secondary N) is 2. The van der Waals surface area contributed by atoms with E-state index in [1.165, 1.54) is 18.3 Å². The summed E-state index contributed by atoms with van der Waals surface area (Å²) in [6, 6.07) is 17.3. The van der Waals surface area contributed by atoms with Crippen LogP contribution in [0.1, 0.15) is 15.9 Å². The molecule has 3 aromatic carbocycles. The number of carbonyl (C=O) groups is 1. The van der Waals surface area contributed by atoms with Gasteiger partial charge in [-0.2, -0.15) is 5.10 Å². The number of nitrogens with zero attached hydrogens (tertiary/aromatic N) is 1. The lowest BCUT2D eigenvalue weighted by atomic mass is 10.2. The molecule has 0 aliphatic heterocycles. The molecule has 2 N–H and O–H groups in total. The number of benzene rings is 3. The van der Waals surface area contributed by atoms with Crippen LogP contribution < -0.4 is 15.5 Å². The van der Waals surface area contributed by atoms with Gasteiger partial charge in [-0.05, 0) is 78.9 Å². The summed E-state index contributed by atoms with van der Waals surface area (Å²) >= 11 is 14.4. The van der Waals surface area contributed by atoms with E-state index < -0.39 is 5.97 Å². The molecular formula is C21H14BrClFN3O2S. The summed E-state index contributed by atoms with van der Waals surface area (Å²) in [6.45, 7) is 0. The normalized spacial score (nSPS) is 10.6. The van der Waals surface area contributed by atoms with Crippen molar-refractivity contribution < 1.29 is 13.9 Å². The van der Waals surface area contributed by atoms with Gasteiger partial charge in [-0.1, -0.05) is 27.5 Å². The number of hydrogen-bond donors (Lipinski definition) is 2. The molecular weight excluding hydrogens is 493 g/mol. The molecule has 0 heterocycles. The largest absolute Gasteiger partial charge is 0.422 e. The third-order valence-corrected chi connectivity index (χ3v) is 4.66. The highest BCUT2D eigenvalue weighted by atomic mass is 79.9. The Kier molecular flexibility index (Phi) is 7.51. The maximum atomic E-state index is 13.0. The molecule has 30 heavy (non-hydrogen) atoms. The zero-order valence-corrected chi connectivity index (χ0v) is 18.4. The minimum absolute atomic E-state index is 0.215. The Morgan fingerprint density at radius 2 is 1.80 bits per heavy atom. The van der Waals surface area contributed by atoms with Crippen LogP contribution in [0.5, 0.6) is 5.75 Å². The average Bonchev–Trinajstić information content (AvgIpc) is 2.72. The highest BCUT2D eigenvalue weighted by molar-refractivity contribution is 9.10. The predicted molar refractivity (Wildman–Crippen MR) is 124 cm³/mol. The van der Waals surface area contributed by atoms with E-state index in [0.29, 0.717) is 27.6 Å². The molecule has 9 heteroatoms. The summed E-state index contributed by atoms with van der Waals surface area (Å²) in [4.78, 5) is 12.4. The van der Waals surface area contributed by atoms with E-state index in [4.69, 9.17) is 28.6 Å². The van der Waals surface area contributed by atoms with Crippen LogP contribution in [0.15, 0.2) is 76.3 Å². The molecule has 0 saturated heterocycles. The Labute approximate surface area is 191 Å². The summed E-state index contributed by atoms with van der Waals surface area (Å²) in [7, 11) is 0. The Morgan fingerprint density at radius 1 is 1.10 bits per heavy atom. The third-order valence-electron chi connectivity index (χ3n) is 3.73. The van der Waals surface area contributed by atoms with Crippen LogP contribution in [0.4, 0.5) is 10.1 Å². The van der Waals surface area contributed by atoms with Crippen LogP contribution in [0.3, 0.4) is 0 Å². The van der Waals surface area contributed by atoms with E-state index in [9.17, 15) is 9.18 Å². The molecule has 0 radical (unpaired) electrons. The van der Waals surface area contributed by atoms with Gasteiger partial charge in [-0.3, -0.25) is 5.43 Å². The van der Waals surface area contributed by atoms with Gasteiger partial charge in [0.1, 0.15) is 11.6 Å².